The summed E-state index contributed by atoms with van der Waals surface area (Å²) in [7, 11) is 0. The van der Waals surface area contributed by atoms with Gasteiger partial charge in [-0.15, -0.1) is 0 Å². The molecule has 15 aromatic heterocycles. The summed E-state index contributed by atoms with van der Waals surface area (Å²) >= 11 is 11.1. The van der Waals surface area contributed by atoms with E-state index in [0.717, 1.165) is 111 Å². The number of rotatable bonds is 24. The number of hydrogen-bond donors (Lipinski definition) is 3. The van der Waals surface area contributed by atoms with Crippen LogP contribution in [-0.2, 0) is 122 Å². The Morgan fingerprint density at radius 2 is 0.614 bits per heavy atom. The maximum absolute atomic E-state index is 11.0. The van der Waals surface area contributed by atoms with Crippen molar-refractivity contribution in [3.05, 3.63) is 317 Å². The molecule has 0 radical (unpaired) electrons. The van der Waals surface area contributed by atoms with Gasteiger partial charge in [0.25, 0.3) is 0 Å². The summed E-state index contributed by atoms with van der Waals surface area (Å²) in [5.41, 5.74) is 18.9. The molecule has 145 heavy (non-hydrogen) atoms. The topological polar surface area (TPSA) is 629 Å². The third kappa shape index (κ3) is 55.7. The first kappa shape index (κ1) is 132. The van der Waals surface area contributed by atoms with Gasteiger partial charge in [0.15, 0.2) is 0 Å². The Kier molecular flexibility index (Phi) is 75.8. The van der Waals surface area contributed by atoms with E-state index >= 15 is 0 Å². The molecule has 0 amide bonds. The first-order valence-corrected chi connectivity index (χ1v) is 42.6. The van der Waals surface area contributed by atoms with Crippen LogP contribution >= 0.6 is 36.7 Å². The van der Waals surface area contributed by atoms with E-state index in [1.165, 1.54) is 127 Å². The predicted octanol–water partition coefficient (Wildman–Crippen LogP) is 16.4. The molecule has 0 aliphatic carbocycles. The van der Waals surface area contributed by atoms with Gasteiger partial charge in [-0.1, -0.05) is 168 Å². The Labute approximate surface area is 885 Å². The van der Waals surface area contributed by atoms with Gasteiger partial charge in [0.2, 0.25) is 0 Å². The smallest absolute Gasteiger partial charge is 0.753 e. The summed E-state index contributed by atoms with van der Waals surface area (Å²) in [6.07, 6.45) is 27.6. The average Bonchev–Trinajstić information content (AvgIpc) is 1.14. The average molecular weight is 2270 g/mol. The Bertz CT molecular complexity index is 6150. The number of aromatic nitrogens is 18. The van der Waals surface area contributed by atoms with E-state index in [1.54, 1.807) is 49.2 Å². The van der Waals surface area contributed by atoms with Crippen molar-refractivity contribution < 1.29 is 150 Å². The molecular weight excluding hydrogens is 2190 g/mol. The van der Waals surface area contributed by atoms with Gasteiger partial charge >= 0.3 is 113 Å². The van der Waals surface area contributed by atoms with Crippen molar-refractivity contribution >= 4 is 107 Å². The molecule has 0 aromatic carbocycles. The summed E-state index contributed by atoms with van der Waals surface area (Å²) < 4.78 is 5.94. The molecule has 0 aliphatic heterocycles. The minimum Gasteiger partial charge on any atom is -0.753 e. The molecule has 0 spiro atoms. The number of carbonyl (C=O) groups is 3. The van der Waals surface area contributed by atoms with Crippen molar-refractivity contribution in [1.29, 1.82) is 0 Å². The first-order chi connectivity index (χ1) is 68.7. The van der Waals surface area contributed by atoms with Crippen LogP contribution in [0.2, 0.25) is 0 Å². The van der Waals surface area contributed by atoms with E-state index < -0.39 is 17.9 Å². The molecule has 40 nitrogen and oxygen atoms in total. The van der Waals surface area contributed by atoms with Crippen LogP contribution in [0.1, 0.15) is 131 Å². The van der Waals surface area contributed by atoms with Gasteiger partial charge in [0.05, 0.1) is 97.3 Å². The van der Waals surface area contributed by atoms with Gasteiger partial charge in [-0.05, 0) is 204 Å². The number of ether oxygens (including phenoxy) is 1. The van der Waals surface area contributed by atoms with E-state index in [1.807, 2.05) is 167 Å². The number of carboxylic acid groups (broad SMARTS) is 3. The number of nitrogens with zero attached hydrogens (tertiary/aromatic N) is 21. The normalized spacial score (nSPS) is 9.01. The molecule has 15 aromatic rings. The number of aryl methyl sites for hydroxylation is 5. The zero-order chi connectivity index (χ0) is 105. The van der Waals surface area contributed by atoms with Crippen molar-refractivity contribution in [2.24, 2.45) is 5.92 Å². The van der Waals surface area contributed by atoms with E-state index in [9.17, 15) is 14.4 Å². The molecule has 15 rings (SSSR count). The maximum atomic E-state index is 11.0. The van der Waals surface area contributed by atoms with Crippen molar-refractivity contribution in [2.75, 3.05) is 6.61 Å². The minimum atomic E-state index is -0.987. The quantitative estimate of drug-likeness (QED) is 0.0219. The van der Waals surface area contributed by atoms with Crippen LogP contribution in [0.15, 0.2) is 256 Å². The molecule has 46 heteroatoms. The number of aromatic carboxylic acids is 3. The maximum Gasteiger partial charge on any atom is 2.00 e. The summed E-state index contributed by atoms with van der Waals surface area (Å²) in [5.74, 6) is -1.48. The fourth-order valence-corrected chi connectivity index (χ4v) is 11.3. The number of carboxylic acids is 3. The second-order valence-corrected chi connectivity index (χ2v) is 27.7. The van der Waals surface area contributed by atoms with Crippen LogP contribution in [0.4, 0.5) is 0 Å². The fraction of sp³-hybridized carbons (Fsp3) is 0.182. The zero-order valence-corrected chi connectivity index (χ0v) is 85.6. The number of isothiocyanates is 3. The fourth-order valence-electron chi connectivity index (χ4n) is 11.3. The number of thiocarbonyl (C=S) groups is 3. The standard InChI is InChI=1S/C17H24N3O.3C16H11N3O2.C15H20N3.C10H10N3.3CNS.6CO2.3Ru/c1-4-6-7-14(5-2)12-21-15-8-9-18-16(11-15)17-10-13(3)19-20-17;3*20-16(21)11-7-9-18-15(10-11)14-6-3-5-13(19-14)12-4-1-2-8-17-12;1-3-4-5-6-7-13-8-9-16-14(11-13)15-10-12(2)17-18-15;1-7-3-4-11-9(5-7)10-6-8(2)12-13-10;9*2-1-3;;;/h8-11,14H,4-7,12H2,1-3H3;3*1-10H,(H,20,21);8-11H,3-7H2,1-2H3;3-6H,1-2H3;;;;;;;;;;;;/q-1;;;;5*-1;;;;;;;3*+2. The molecule has 1 atom stereocenters. The number of pyridine rings is 12. The summed E-state index contributed by atoms with van der Waals surface area (Å²) in [4.78, 5) is 182. The SMILES string of the molecule is CCCCC(CC)COc1ccnc(-c2cc(C)n[n-]2)c1.CCCCCCc1ccnc(-c2cc(C)n[n-]2)c1.Cc1ccnc(-c2cc(C)n[n-]2)c1.O=C(O)c1ccnc(-c2cccc(-c3ccccn3)n2)c1.O=C(O)c1ccnc(-c2cccc(-c3ccccn3)n2)c1.O=C(O)c1ccnc(-c2cccc(-c3ccccn3)n2)c1.O=C=O.O=C=O.O=C=O.O=C=O.O=C=O.O=C=O.[N-]=C=S.[N-]=C=S.[N-]=C=S.[Ru+2].[Ru+2].[Ru+2]. The summed E-state index contributed by atoms with van der Waals surface area (Å²) in [6, 6.07) is 60.0. The predicted molar refractivity (Wildman–Crippen MR) is 519 cm³/mol. The molecule has 0 saturated heterocycles. The Morgan fingerprint density at radius 1 is 0.331 bits per heavy atom. The number of carbonyl (C=O) groups excluding carboxylic acids is 12. The van der Waals surface area contributed by atoms with Crippen LogP contribution in [0.3, 0.4) is 0 Å². The van der Waals surface area contributed by atoms with E-state index in [-0.39, 0.29) is 112 Å². The summed E-state index contributed by atoms with van der Waals surface area (Å²) in [6.45, 7) is 15.3. The monoisotopic (exact) mass is 2280 g/mol. The van der Waals surface area contributed by atoms with E-state index in [4.69, 9.17) is 93.8 Å². The molecular formula is C99H87N21O19Ru3S3. The van der Waals surface area contributed by atoms with Crippen LogP contribution in [0, 0.1) is 33.6 Å². The molecule has 744 valence electrons. The van der Waals surface area contributed by atoms with Gasteiger partial charge in [0, 0.05) is 90.3 Å². The van der Waals surface area contributed by atoms with Crippen molar-refractivity contribution in [1.82, 2.24) is 90.4 Å². The number of unbranched alkanes of at least 4 members (excludes halogenated alkanes) is 4. The van der Waals surface area contributed by atoms with Gasteiger partial charge in [0.1, 0.15) is 5.75 Å². The molecule has 0 bridgehead atoms. The second-order valence-electron chi connectivity index (χ2n) is 27.1. The van der Waals surface area contributed by atoms with E-state index in [2.05, 4.69) is 160 Å². The number of hydrogen-bond acceptors (Lipinski definition) is 34. The zero-order valence-electron chi connectivity index (χ0n) is 77.9. The van der Waals surface area contributed by atoms with Gasteiger partial charge in [-0.3, -0.25) is 44.9 Å². The van der Waals surface area contributed by atoms with Crippen molar-refractivity contribution in [3.8, 4) is 108 Å². The largest absolute Gasteiger partial charge is 2.00 e. The molecule has 0 aliphatic rings. The Hall–Kier alpha value is -16.8. The molecule has 0 saturated carbocycles. The molecule has 15 heterocycles. The third-order valence-electron chi connectivity index (χ3n) is 17.4. The molecule has 3 N–H and O–H groups in total. The van der Waals surface area contributed by atoms with Crippen LogP contribution in [-0.4, -0.2) is 167 Å². The van der Waals surface area contributed by atoms with Crippen molar-refractivity contribution in [3.63, 3.8) is 0 Å². The first-order valence-electron chi connectivity index (χ1n) is 41.4. The molecule has 1 unspecified atom stereocenters. The van der Waals surface area contributed by atoms with Gasteiger partial charge < -0.3 is 66.9 Å². The van der Waals surface area contributed by atoms with Crippen LogP contribution < -0.4 is 20.0 Å². The van der Waals surface area contributed by atoms with Gasteiger partial charge in [-0.2, -0.15) is 73.0 Å². The minimum absolute atomic E-state index is 0. The second kappa shape index (κ2) is 83.0. The van der Waals surface area contributed by atoms with Crippen LogP contribution in [0.25, 0.3) is 119 Å². The van der Waals surface area contributed by atoms with Gasteiger partial charge in [-0.25, -0.2) is 29.3 Å². The van der Waals surface area contributed by atoms with E-state index in [0.29, 0.717) is 40.1 Å². The van der Waals surface area contributed by atoms with Crippen LogP contribution in [0.5, 0.6) is 5.75 Å². The third-order valence-corrected chi connectivity index (χ3v) is 17.4. The Morgan fingerprint density at radius 3 is 0.903 bits per heavy atom. The Balaban J connectivity index is -0.00000159. The summed E-state index contributed by atoms with van der Waals surface area (Å²) in [5, 5.41) is 76.7. The van der Waals surface area contributed by atoms with Crippen molar-refractivity contribution in [2.45, 2.75) is 106 Å². The molecule has 0 fully saturated rings.